The predicted octanol–water partition coefficient (Wildman–Crippen LogP) is 6.32. The first kappa shape index (κ1) is 20.5. The molecule has 0 bridgehead atoms. The van der Waals surface area contributed by atoms with Crippen LogP contribution in [0.3, 0.4) is 0 Å². The van der Waals surface area contributed by atoms with Crippen molar-refractivity contribution in [2.45, 2.75) is 25.3 Å². The van der Waals surface area contributed by atoms with Crippen LogP contribution < -0.4 is 10.1 Å². The SMILES string of the molecule is CC(=O)Oc1ccc([C@@H]2Nc3c(C(=O)c4ccccc4)cc(Cl)cc3[C@@H]3C=CC[C@H]32)cc1. The molecule has 3 aromatic rings. The van der Waals surface area contributed by atoms with Gasteiger partial charge in [0.25, 0.3) is 0 Å². The first-order valence-corrected chi connectivity index (χ1v) is 11.0. The molecule has 2 aliphatic rings. The van der Waals surface area contributed by atoms with Crippen LogP contribution in [0.15, 0.2) is 78.9 Å². The highest BCUT2D eigenvalue weighted by Gasteiger charge is 2.39. The maximum Gasteiger partial charge on any atom is 0.308 e. The lowest BCUT2D eigenvalue weighted by Gasteiger charge is -2.38. The van der Waals surface area contributed by atoms with Crippen molar-refractivity contribution in [1.82, 2.24) is 0 Å². The van der Waals surface area contributed by atoms with Crippen LogP contribution in [-0.2, 0) is 4.79 Å². The number of hydrogen-bond acceptors (Lipinski definition) is 4. The van der Waals surface area contributed by atoms with Gasteiger partial charge in [-0.3, -0.25) is 9.59 Å². The van der Waals surface area contributed by atoms with Crippen molar-refractivity contribution >= 4 is 29.0 Å². The Balaban J connectivity index is 1.57. The molecule has 1 aliphatic heterocycles. The monoisotopic (exact) mass is 443 g/mol. The van der Waals surface area contributed by atoms with Crippen LogP contribution in [0, 0.1) is 5.92 Å². The number of ether oxygens (including phenoxy) is 1. The number of benzene rings is 3. The molecule has 32 heavy (non-hydrogen) atoms. The van der Waals surface area contributed by atoms with Crippen molar-refractivity contribution in [3.63, 3.8) is 0 Å². The van der Waals surface area contributed by atoms with Crippen LogP contribution in [-0.4, -0.2) is 11.8 Å². The van der Waals surface area contributed by atoms with Gasteiger partial charge in [0.2, 0.25) is 0 Å². The van der Waals surface area contributed by atoms with Crippen LogP contribution >= 0.6 is 11.6 Å². The molecule has 0 fully saturated rings. The molecule has 0 saturated heterocycles. The van der Waals surface area contributed by atoms with Gasteiger partial charge in [-0.05, 0) is 47.7 Å². The van der Waals surface area contributed by atoms with Gasteiger partial charge in [0.15, 0.2) is 5.78 Å². The minimum absolute atomic E-state index is 0.0115. The van der Waals surface area contributed by atoms with E-state index in [0.29, 0.717) is 27.8 Å². The number of fused-ring (bicyclic) bond motifs is 3. The Morgan fingerprint density at radius 1 is 1.03 bits per heavy atom. The average Bonchev–Trinajstić information content (AvgIpc) is 3.29. The van der Waals surface area contributed by atoms with Gasteiger partial charge in [0.05, 0.1) is 6.04 Å². The fourth-order valence-corrected chi connectivity index (χ4v) is 5.05. The van der Waals surface area contributed by atoms with Crippen LogP contribution in [0.1, 0.15) is 52.4 Å². The third kappa shape index (κ3) is 3.71. The lowest BCUT2D eigenvalue weighted by molar-refractivity contribution is -0.131. The van der Waals surface area contributed by atoms with Gasteiger partial charge in [-0.1, -0.05) is 66.2 Å². The number of carbonyl (C=O) groups excluding carboxylic acids is 2. The second kappa shape index (κ2) is 8.29. The fraction of sp³-hybridized carbons (Fsp3) is 0.185. The van der Waals surface area contributed by atoms with Gasteiger partial charge in [-0.15, -0.1) is 0 Å². The van der Waals surface area contributed by atoms with E-state index in [2.05, 4.69) is 17.5 Å². The molecule has 0 unspecified atom stereocenters. The summed E-state index contributed by atoms with van der Waals surface area (Å²) in [6.45, 7) is 1.39. The van der Waals surface area contributed by atoms with E-state index in [1.807, 2.05) is 60.7 Å². The third-order valence-electron chi connectivity index (χ3n) is 6.22. The molecule has 5 heteroatoms. The van der Waals surface area contributed by atoms with E-state index in [1.165, 1.54) is 6.92 Å². The summed E-state index contributed by atoms with van der Waals surface area (Å²) in [5.41, 5.74) is 4.19. The number of nitrogens with one attached hydrogen (secondary N) is 1. The number of esters is 1. The first-order valence-electron chi connectivity index (χ1n) is 10.7. The molecular formula is C27H22ClNO3. The minimum Gasteiger partial charge on any atom is -0.427 e. The highest BCUT2D eigenvalue weighted by Crippen LogP contribution is 2.51. The summed E-state index contributed by atoms with van der Waals surface area (Å²) in [5, 5.41) is 4.23. The molecular weight excluding hydrogens is 422 g/mol. The van der Waals surface area contributed by atoms with Crippen LogP contribution in [0.2, 0.25) is 5.02 Å². The molecule has 0 aromatic heterocycles. The first-order chi connectivity index (χ1) is 15.5. The lowest BCUT2D eigenvalue weighted by Crippen LogP contribution is -2.30. The van der Waals surface area contributed by atoms with Crippen LogP contribution in [0.25, 0.3) is 0 Å². The van der Waals surface area contributed by atoms with Crippen molar-refractivity contribution in [1.29, 1.82) is 0 Å². The summed E-state index contributed by atoms with van der Waals surface area (Å²) in [6.07, 6.45) is 5.35. The smallest absolute Gasteiger partial charge is 0.308 e. The van der Waals surface area contributed by atoms with Gasteiger partial charge in [0, 0.05) is 34.7 Å². The van der Waals surface area contributed by atoms with E-state index in [4.69, 9.17) is 16.3 Å². The minimum atomic E-state index is -0.344. The number of ketones is 1. The molecule has 1 aliphatic carbocycles. The second-order valence-electron chi connectivity index (χ2n) is 8.25. The van der Waals surface area contributed by atoms with Crippen LogP contribution in [0.4, 0.5) is 5.69 Å². The zero-order valence-corrected chi connectivity index (χ0v) is 18.3. The quantitative estimate of drug-likeness (QED) is 0.222. The maximum absolute atomic E-state index is 13.4. The zero-order chi connectivity index (χ0) is 22.2. The van der Waals surface area contributed by atoms with Crippen LogP contribution in [0.5, 0.6) is 5.75 Å². The Labute approximate surface area is 191 Å². The Morgan fingerprint density at radius 3 is 2.50 bits per heavy atom. The van der Waals surface area contributed by atoms with E-state index >= 15 is 0 Å². The van der Waals surface area contributed by atoms with Gasteiger partial charge >= 0.3 is 5.97 Å². The summed E-state index contributed by atoms with van der Waals surface area (Å²) in [4.78, 5) is 24.6. The van der Waals surface area contributed by atoms with E-state index in [9.17, 15) is 9.59 Å². The number of anilines is 1. The summed E-state index contributed by atoms with van der Waals surface area (Å²) in [7, 11) is 0. The number of hydrogen-bond donors (Lipinski definition) is 1. The highest BCUT2D eigenvalue weighted by atomic mass is 35.5. The van der Waals surface area contributed by atoms with Crippen molar-refractivity contribution in [2.24, 2.45) is 5.92 Å². The Bertz CT molecular complexity index is 1220. The molecule has 1 N–H and O–H groups in total. The number of halogens is 1. The molecule has 160 valence electrons. The number of allylic oxidation sites excluding steroid dienone is 2. The fourth-order valence-electron chi connectivity index (χ4n) is 4.83. The van der Waals surface area contributed by atoms with Crippen molar-refractivity contribution < 1.29 is 14.3 Å². The summed E-state index contributed by atoms with van der Waals surface area (Å²) in [6, 6.07) is 20.6. The molecule has 0 saturated carbocycles. The van der Waals surface area contributed by atoms with Gasteiger partial charge in [-0.2, -0.15) is 0 Å². The molecule has 4 nitrogen and oxygen atoms in total. The van der Waals surface area contributed by atoms with Crippen molar-refractivity contribution in [2.75, 3.05) is 5.32 Å². The zero-order valence-electron chi connectivity index (χ0n) is 17.5. The van der Waals surface area contributed by atoms with Gasteiger partial charge < -0.3 is 10.1 Å². The molecule has 3 aromatic carbocycles. The van der Waals surface area contributed by atoms with Crippen molar-refractivity contribution in [3.05, 3.63) is 106 Å². The summed E-state index contributed by atoms with van der Waals surface area (Å²) < 4.78 is 5.18. The Kier molecular flexibility index (Phi) is 5.32. The molecule has 0 amide bonds. The summed E-state index contributed by atoms with van der Waals surface area (Å²) >= 11 is 6.47. The molecule has 3 atom stereocenters. The second-order valence-corrected chi connectivity index (χ2v) is 8.69. The molecule has 1 heterocycles. The average molecular weight is 444 g/mol. The van der Waals surface area contributed by atoms with E-state index in [1.54, 1.807) is 6.07 Å². The van der Waals surface area contributed by atoms with E-state index in [0.717, 1.165) is 23.2 Å². The summed E-state index contributed by atoms with van der Waals surface area (Å²) in [5.74, 6) is 0.598. The standard InChI is InChI=1S/C27H22ClNO3/c1-16(30)32-20-12-10-17(11-13-20)25-22-9-5-8-21(22)23-14-19(28)15-24(26(23)29-25)27(31)18-6-3-2-4-7-18/h2-8,10-15,21-22,25,29H,9H2,1H3/t21-,22-,25+/m1/s1. The normalized spacial score (nSPS) is 20.8. The largest absolute Gasteiger partial charge is 0.427 e. The highest BCUT2D eigenvalue weighted by molar-refractivity contribution is 6.31. The topological polar surface area (TPSA) is 55.4 Å². The number of rotatable bonds is 4. The Hall–Kier alpha value is -3.37. The van der Waals surface area contributed by atoms with Gasteiger partial charge in [-0.25, -0.2) is 0 Å². The van der Waals surface area contributed by atoms with E-state index in [-0.39, 0.29) is 23.7 Å². The molecule has 5 rings (SSSR count). The third-order valence-corrected chi connectivity index (χ3v) is 6.43. The van der Waals surface area contributed by atoms with Gasteiger partial charge in [0.1, 0.15) is 5.75 Å². The molecule has 0 radical (unpaired) electrons. The lowest BCUT2D eigenvalue weighted by atomic mass is 9.76. The number of carbonyl (C=O) groups is 2. The molecule has 0 spiro atoms. The predicted molar refractivity (Wildman–Crippen MR) is 125 cm³/mol. The Morgan fingerprint density at radius 2 is 1.78 bits per heavy atom. The van der Waals surface area contributed by atoms with E-state index < -0.39 is 0 Å². The maximum atomic E-state index is 13.4. The van der Waals surface area contributed by atoms with Crippen molar-refractivity contribution in [3.8, 4) is 5.75 Å².